The van der Waals surface area contributed by atoms with Crippen molar-refractivity contribution in [3.8, 4) is 0 Å². The lowest BCUT2D eigenvalue weighted by atomic mass is 10.1. The molecule has 17 heavy (non-hydrogen) atoms. The Bertz CT molecular complexity index is 362. The minimum Gasteiger partial charge on any atom is -0.399 e. The molecule has 0 amide bonds. The van der Waals surface area contributed by atoms with Crippen LogP contribution < -0.4 is 16.0 Å². The Balaban J connectivity index is 1.82. The second-order valence-electron chi connectivity index (χ2n) is 4.73. The second-order valence-corrected chi connectivity index (χ2v) is 4.73. The van der Waals surface area contributed by atoms with Crippen LogP contribution in [0.25, 0.3) is 0 Å². The zero-order chi connectivity index (χ0) is 12.1. The van der Waals surface area contributed by atoms with E-state index in [-0.39, 0.29) is 0 Å². The molecule has 3 N–H and O–H groups in total. The van der Waals surface area contributed by atoms with E-state index >= 15 is 0 Å². The third-order valence-corrected chi connectivity index (χ3v) is 3.37. The summed E-state index contributed by atoms with van der Waals surface area (Å²) < 4.78 is 0. The van der Waals surface area contributed by atoms with E-state index < -0.39 is 0 Å². The number of hydrogen-bond acceptors (Lipinski definition) is 3. The molecule has 3 heteroatoms. The van der Waals surface area contributed by atoms with Crippen molar-refractivity contribution in [1.29, 1.82) is 0 Å². The van der Waals surface area contributed by atoms with Crippen LogP contribution in [0.5, 0.6) is 0 Å². The fourth-order valence-corrected chi connectivity index (χ4v) is 2.34. The minimum absolute atomic E-state index is 0.870. The molecule has 2 rings (SSSR count). The standard InChI is InChI=1S/C14H23N3/c1-2-3-7-16-8-10-17-9-6-12-4-5-13(15)11-14(12)17/h4-5,11,16H,2-3,6-10,15H2,1H3. The van der Waals surface area contributed by atoms with Gasteiger partial charge < -0.3 is 16.0 Å². The van der Waals surface area contributed by atoms with E-state index in [0.717, 1.165) is 38.3 Å². The van der Waals surface area contributed by atoms with Gasteiger partial charge in [-0.2, -0.15) is 0 Å². The molecule has 0 unspecified atom stereocenters. The molecule has 0 saturated carbocycles. The van der Waals surface area contributed by atoms with E-state index in [1.165, 1.54) is 24.1 Å². The highest BCUT2D eigenvalue weighted by Crippen LogP contribution is 2.29. The molecule has 3 nitrogen and oxygen atoms in total. The number of benzene rings is 1. The third kappa shape index (κ3) is 3.13. The highest BCUT2D eigenvalue weighted by Gasteiger charge is 2.18. The number of rotatable bonds is 6. The van der Waals surface area contributed by atoms with Gasteiger partial charge in [-0.05, 0) is 37.1 Å². The van der Waals surface area contributed by atoms with Gasteiger partial charge >= 0.3 is 0 Å². The van der Waals surface area contributed by atoms with Crippen LogP contribution in [-0.4, -0.2) is 26.2 Å². The van der Waals surface area contributed by atoms with Gasteiger partial charge in [-0.25, -0.2) is 0 Å². The predicted molar refractivity (Wildman–Crippen MR) is 74.5 cm³/mol. The van der Waals surface area contributed by atoms with E-state index in [1.54, 1.807) is 0 Å². The predicted octanol–water partition coefficient (Wildman–Crippen LogP) is 2.02. The number of fused-ring (bicyclic) bond motifs is 1. The second kappa shape index (κ2) is 5.92. The molecule has 0 atom stereocenters. The van der Waals surface area contributed by atoms with Crippen molar-refractivity contribution in [1.82, 2.24) is 5.32 Å². The van der Waals surface area contributed by atoms with Gasteiger partial charge in [0, 0.05) is 31.0 Å². The average Bonchev–Trinajstić information content (AvgIpc) is 2.72. The summed E-state index contributed by atoms with van der Waals surface area (Å²) in [5.74, 6) is 0. The molecule has 0 aliphatic carbocycles. The lowest BCUT2D eigenvalue weighted by Crippen LogP contribution is -2.31. The molecule has 1 aliphatic heterocycles. The van der Waals surface area contributed by atoms with Crippen LogP contribution in [0.1, 0.15) is 25.3 Å². The number of nitrogens with two attached hydrogens (primary N) is 1. The minimum atomic E-state index is 0.870. The van der Waals surface area contributed by atoms with Gasteiger partial charge in [0.25, 0.3) is 0 Å². The summed E-state index contributed by atoms with van der Waals surface area (Å²) in [5, 5.41) is 3.49. The molecular formula is C14H23N3. The van der Waals surface area contributed by atoms with Crippen LogP contribution in [0.2, 0.25) is 0 Å². The van der Waals surface area contributed by atoms with Gasteiger partial charge in [-0.1, -0.05) is 19.4 Å². The summed E-state index contributed by atoms with van der Waals surface area (Å²) >= 11 is 0. The summed E-state index contributed by atoms with van der Waals surface area (Å²) in [6, 6.07) is 6.27. The highest BCUT2D eigenvalue weighted by molar-refractivity contribution is 5.64. The summed E-state index contributed by atoms with van der Waals surface area (Å²) in [6.45, 7) is 6.64. The zero-order valence-corrected chi connectivity index (χ0v) is 10.7. The number of unbranched alkanes of at least 4 members (excludes halogenated alkanes) is 1. The van der Waals surface area contributed by atoms with E-state index in [0.29, 0.717) is 0 Å². The first-order valence-electron chi connectivity index (χ1n) is 6.65. The fourth-order valence-electron chi connectivity index (χ4n) is 2.34. The summed E-state index contributed by atoms with van der Waals surface area (Å²) in [6.07, 6.45) is 3.68. The Labute approximate surface area is 104 Å². The Hall–Kier alpha value is -1.22. The highest BCUT2D eigenvalue weighted by atomic mass is 15.2. The van der Waals surface area contributed by atoms with Crippen molar-refractivity contribution < 1.29 is 0 Å². The molecule has 1 aromatic carbocycles. The molecular weight excluding hydrogens is 210 g/mol. The number of nitrogens with zero attached hydrogens (tertiary/aromatic N) is 1. The third-order valence-electron chi connectivity index (χ3n) is 3.37. The van der Waals surface area contributed by atoms with Gasteiger partial charge in [0.05, 0.1) is 0 Å². The molecule has 0 fully saturated rings. The number of anilines is 2. The van der Waals surface area contributed by atoms with Gasteiger partial charge in [-0.15, -0.1) is 0 Å². The lowest BCUT2D eigenvalue weighted by molar-refractivity contribution is 0.631. The maximum atomic E-state index is 5.85. The Morgan fingerprint density at radius 2 is 2.24 bits per heavy atom. The summed E-state index contributed by atoms with van der Waals surface area (Å²) in [5.41, 5.74) is 9.49. The van der Waals surface area contributed by atoms with Crippen molar-refractivity contribution >= 4 is 11.4 Å². The maximum Gasteiger partial charge on any atom is 0.0420 e. The molecule has 0 bridgehead atoms. The summed E-state index contributed by atoms with van der Waals surface area (Å²) in [4.78, 5) is 2.44. The molecule has 94 valence electrons. The van der Waals surface area contributed by atoms with Crippen LogP contribution in [0, 0.1) is 0 Å². The van der Waals surface area contributed by atoms with Crippen molar-refractivity contribution in [2.24, 2.45) is 0 Å². The Morgan fingerprint density at radius 1 is 1.35 bits per heavy atom. The van der Waals surface area contributed by atoms with Crippen molar-refractivity contribution in [3.05, 3.63) is 23.8 Å². The fraction of sp³-hybridized carbons (Fsp3) is 0.571. The van der Waals surface area contributed by atoms with Crippen molar-refractivity contribution in [3.63, 3.8) is 0 Å². The molecule has 1 aromatic rings. The Morgan fingerprint density at radius 3 is 3.06 bits per heavy atom. The van der Waals surface area contributed by atoms with Crippen LogP contribution in [0.3, 0.4) is 0 Å². The monoisotopic (exact) mass is 233 g/mol. The summed E-state index contributed by atoms with van der Waals surface area (Å²) in [7, 11) is 0. The quantitative estimate of drug-likeness (QED) is 0.583. The SMILES string of the molecule is CCCCNCCN1CCc2ccc(N)cc21. The average molecular weight is 233 g/mol. The zero-order valence-electron chi connectivity index (χ0n) is 10.7. The smallest absolute Gasteiger partial charge is 0.0420 e. The van der Waals surface area contributed by atoms with Crippen LogP contribution in [0.4, 0.5) is 11.4 Å². The molecule has 0 saturated heterocycles. The van der Waals surface area contributed by atoms with Crippen LogP contribution in [-0.2, 0) is 6.42 Å². The number of nitrogen functional groups attached to an aromatic ring is 1. The van der Waals surface area contributed by atoms with E-state index in [2.05, 4.69) is 29.3 Å². The largest absolute Gasteiger partial charge is 0.399 e. The van der Waals surface area contributed by atoms with E-state index in [9.17, 15) is 0 Å². The molecule has 1 heterocycles. The topological polar surface area (TPSA) is 41.3 Å². The van der Waals surface area contributed by atoms with E-state index in [1.807, 2.05) is 6.07 Å². The molecule has 0 spiro atoms. The first-order valence-corrected chi connectivity index (χ1v) is 6.65. The van der Waals surface area contributed by atoms with E-state index in [4.69, 9.17) is 5.73 Å². The molecule has 0 aromatic heterocycles. The van der Waals surface area contributed by atoms with Crippen LogP contribution in [0.15, 0.2) is 18.2 Å². The lowest BCUT2D eigenvalue weighted by Gasteiger charge is -2.19. The number of hydrogen-bond donors (Lipinski definition) is 2. The van der Waals surface area contributed by atoms with Gasteiger partial charge in [0.1, 0.15) is 0 Å². The maximum absolute atomic E-state index is 5.85. The van der Waals surface area contributed by atoms with Crippen molar-refractivity contribution in [2.75, 3.05) is 36.8 Å². The van der Waals surface area contributed by atoms with Gasteiger partial charge in [0.2, 0.25) is 0 Å². The molecule has 0 radical (unpaired) electrons. The number of nitrogens with one attached hydrogen (secondary N) is 1. The molecule has 1 aliphatic rings. The first kappa shape index (κ1) is 12.2. The van der Waals surface area contributed by atoms with Gasteiger partial charge in [0.15, 0.2) is 0 Å². The normalized spacial score (nSPS) is 14.1. The van der Waals surface area contributed by atoms with Crippen molar-refractivity contribution in [2.45, 2.75) is 26.2 Å². The Kier molecular flexibility index (Phi) is 4.26. The first-order chi connectivity index (χ1) is 8.31. The van der Waals surface area contributed by atoms with Crippen LogP contribution >= 0.6 is 0 Å². The van der Waals surface area contributed by atoms with Gasteiger partial charge in [-0.3, -0.25) is 0 Å².